The van der Waals surface area contributed by atoms with Gasteiger partial charge in [-0.25, -0.2) is 0 Å². The minimum absolute atomic E-state index is 0.0676. The number of dihydropyridines is 1. The van der Waals surface area contributed by atoms with Crippen LogP contribution in [0.15, 0.2) is 84.0 Å². The average Bonchev–Trinajstić information content (AvgIpc) is 3.00. The number of anilines is 1. The Hall–Kier alpha value is -3.85. The number of hydrogen-bond acceptors (Lipinski definition) is 8. The van der Waals surface area contributed by atoms with Gasteiger partial charge in [0.05, 0.1) is 12.1 Å². The SMILES string of the molecule is C=C(CSC(C)CC(=O)O)NCC1C=CC(N2CCN(c3nnc(Cc4ccccc4)c4ccccc34)CC2)=NC1. The first kappa shape index (κ1) is 28.7. The number of nitrogens with zero attached hydrogens (tertiary/aromatic N) is 5. The van der Waals surface area contributed by atoms with Gasteiger partial charge in [0.1, 0.15) is 5.84 Å². The summed E-state index contributed by atoms with van der Waals surface area (Å²) in [4.78, 5) is 20.4. The zero-order valence-corrected chi connectivity index (χ0v) is 24.4. The Labute approximate surface area is 246 Å². The number of rotatable bonds is 11. The molecule has 0 amide bonds. The molecule has 0 saturated carbocycles. The summed E-state index contributed by atoms with van der Waals surface area (Å²) in [5, 5.41) is 24.1. The standard InChI is InChI=1S/C32H38N6O2S/c1-23(22-41-24(2)18-31(39)40)33-20-26-12-13-30(34-21-26)37-14-16-38(17-15-37)32-28-11-7-6-10-27(28)29(35-36-32)19-25-8-4-3-5-9-25/h3-13,24,26,33H,1,14-22H2,2H3,(H,39,40). The average molecular weight is 571 g/mol. The van der Waals surface area contributed by atoms with Crippen molar-refractivity contribution in [3.8, 4) is 0 Å². The van der Waals surface area contributed by atoms with Gasteiger partial charge in [-0.3, -0.25) is 9.79 Å². The molecule has 0 spiro atoms. The zero-order valence-electron chi connectivity index (χ0n) is 23.6. The van der Waals surface area contributed by atoms with Crippen molar-refractivity contribution >= 4 is 40.2 Å². The maximum absolute atomic E-state index is 10.8. The molecule has 0 bridgehead atoms. The van der Waals surface area contributed by atoms with Gasteiger partial charge in [-0.05, 0) is 11.6 Å². The highest BCUT2D eigenvalue weighted by molar-refractivity contribution is 8.00. The lowest BCUT2D eigenvalue weighted by Gasteiger charge is -2.37. The Kier molecular flexibility index (Phi) is 9.56. The summed E-state index contributed by atoms with van der Waals surface area (Å²) >= 11 is 1.61. The second-order valence-corrected chi connectivity index (χ2v) is 12.1. The summed E-state index contributed by atoms with van der Waals surface area (Å²) in [5.74, 6) is 2.27. The number of fused-ring (bicyclic) bond motifs is 1. The van der Waals surface area contributed by atoms with Gasteiger partial charge < -0.3 is 20.2 Å². The summed E-state index contributed by atoms with van der Waals surface area (Å²) in [6, 6.07) is 18.9. The fourth-order valence-corrected chi connectivity index (χ4v) is 6.05. The molecule has 0 aliphatic carbocycles. The van der Waals surface area contributed by atoms with Gasteiger partial charge in [-0.2, -0.15) is 16.9 Å². The summed E-state index contributed by atoms with van der Waals surface area (Å²) in [5.41, 5.74) is 3.17. The van der Waals surface area contributed by atoms with Crippen LogP contribution in [-0.4, -0.2) is 82.3 Å². The highest BCUT2D eigenvalue weighted by Crippen LogP contribution is 2.28. The summed E-state index contributed by atoms with van der Waals surface area (Å²) in [7, 11) is 0. The Morgan fingerprint density at radius 3 is 2.46 bits per heavy atom. The number of carbonyl (C=O) groups is 1. The number of aliphatic carboxylic acids is 1. The van der Waals surface area contributed by atoms with Gasteiger partial charge in [-0.15, -0.1) is 5.10 Å². The van der Waals surface area contributed by atoms with E-state index in [0.717, 1.165) is 74.1 Å². The lowest BCUT2D eigenvalue weighted by Crippen LogP contribution is -2.49. The van der Waals surface area contributed by atoms with Crippen molar-refractivity contribution in [2.75, 3.05) is 49.9 Å². The van der Waals surface area contributed by atoms with Crippen molar-refractivity contribution in [3.63, 3.8) is 0 Å². The van der Waals surface area contributed by atoms with Gasteiger partial charge >= 0.3 is 5.97 Å². The van der Waals surface area contributed by atoms with Crippen LogP contribution in [0.1, 0.15) is 24.6 Å². The fourth-order valence-electron chi connectivity index (χ4n) is 5.20. The molecule has 1 saturated heterocycles. The normalized spacial score (nSPS) is 17.8. The molecule has 5 rings (SSSR count). The molecule has 214 valence electrons. The zero-order chi connectivity index (χ0) is 28.6. The van der Waals surface area contributed by atoms with Crippen LogP contribution in [0.5, 0.6) is 0 Å². The summed E-state index contributed by atoms with van der Waals surface area (Å²) < 4.78 is 0. The molecule has 2 atom stereocenters. The van der Waals surface area contributed by atoms with Crippen LogP contribution in [0.4, 0.5) is 5.82 Å². The van der Waals surface area contributed by atoms with Gasteiger partial charge in [0.15, 0.2) is 5.82 Å². The molecule has 41 heavy (non-hydrogen) atoms. The third kappa shape index (κ3) is 7.67. The largest absolute Gasteiger partial charge is 0.481 e. The minimum atomic E-state index is -0.763. The van der Waals surface area contributed by atoms with Crippen molar-refractivity contribution in [2.24, 2.45) is 10.9 Å². The molecule has 0 radical (unpaired) electrons. The predicted octanol–water partition coefficient (Wildman–Crippen LogP) is 4.63. The highest BCUT2D eigenvalue weighted by atomic mass is 32.2. The molecule has 3 heterocycles. The number of thioether (sulfide) groups is 1. The smallest absolute Gasteiger partial charge is 0.304 e. The lowest BCUT2D eigenvalue weighted by atomic mass is 10.0. The Balaban J connectivity index is 1.12. The van der Waals surface area contributed by atoms with Crippen LogP contribution in [0.25, 0.3) is 10.8 Å². The van der Waals surface area contributed by atoms with E-state index in [0.29, 0.717) is 11.7 Å². The van der Waals surface area contributed by atoms with E-state index < -0.39 is 5.97 Å². The number of carboxylic acid groups (broad SMARTS) is 1. The van der Waals surface area contributed by atoms with Crippen molar-refractivity contribution in [1.82, 2.24) is 20.4 Å². The molecule has 2 N–H and O–H groups in total. The molecule has 1 fully saturated rings. The van der Waals surface area contributed by atoms with Gasteiger partial charge in [0.2, 0.25) is 0 Å². The summed E-state index contributed by atoms with van der Waals surface area (Å²) in [6.45, 7) is 11.1. The monoisotopic (exact) mass is 570 g/mol. The molecule has 2 aromatic carbocycles. The van der Waals surface area contributed by atoms with Crippen LogP contribution in [0.2, 0.25) is 0 Å². The van der Waals surface area contributed by atoms with Crippen LogP contribution < -0.4 is 10.2 Å². The van der Waals surface area contributed by atoms with E-state index in [4.69, 9.17) is 15.2 Å². The van der Waals surface area contributed by atoms with E-state index in [-0.39, 0.29) is 11.7 Å². The first-order chi connectivity index (χ1) is 20.0. The van der Waals surface area contributed by atoms with Crippen molar-refractivity contribution in [2.45, 2.75) is 25.0 Å². The number of benzene rings is 2. The Bertz CT molecular complexity index is 1420. The van der Waals surface area contributed by atoms with Gasteiger partial charge in [0.25, 0.3) is 0 Å². The van der Waals surface area contributed by atoms with E-state index in [1.54, 1.807) is 11.8 Å². The number of nitrogens with one attached hydrogen (secondary N) is 1. The second-order valence-electron chi connectivity index (χ2n) is 10.7. The van der Waals surface area contributed by atoms with E-state index in [9.17, 15) is 4.79 Å². The van der Waals surface area contributed by atoms with Crippen LogP contribution >= 0.6 is 11.8 Å². The topological polar surface area (TPSA) is 94.0 Å². The molecule has 8 nitrogen and oxygen atoms in total. The van der Waals surface area contributed by atoms with Gasteiger partial charge in [0, 0.05) is 79.1 Å². The van der Waals surface area contributed by atoms with E-state index in [1.165, 1.54) is 10.9 Å². The minimum Gasteiger partial charge on any atom is -0.481 e. The van der Waals surface area contributed by atoms with E-state index in [1.807, 2.05) is 13.0 Å². The maximum atomic E-state index is 10.8. The van der Waals surface area contributed by atoms with Crippen molar-refractivity contribution in [3.05, 3.63) is 90.3 Å². The highest BCUT2D eigenvalue weighted by Gasteiger charge is 2.23. The predicted molar refractivity (Wildman–Crippen MR) is 169 cm³/mol. The van der Waals surface area contributed by atoms with Crippen LogP contribution in [-0.2, 0) is 11.2 Å². The third-order valence-corrected chi connectivity index (χ3v) is 8.74. The number of aliphatic imine (C=N–C) groups is 1. The van der Waals surface area contributed by atoms with Gasteiger partial charge in [-0.1, -0.05) is 74.2 Å². The quantitative estimate of drug-likeness (QED) is 0.345. The van der Waals surface area contributed by atoms with E-state index >= 15 is 0 Å². The van der Waals surface area contributed by atoms with E-state index in [2.05, 4.69) is 87.5 Å². The number of carboxylic acids is 1. The first-order valence-corrected chi connectivity index (χ1v) is 15.3. The maximum Gasteiger partial charge on any atom is 0.304 e. The van der Waals surface area contributed by atoms with Crippen LogP contribution in [0, 0.1) is 5.92 Å². The second kappa shape index (κ2) is 13.7. The summed E-state index contributed by atoms with van der Waals surface area (Å²) in [6.07, 6.45) is 5.31. The first-order valence-electron chi connectivity index (χ1n) is 14.2. The number of aromatic nitrogens is 2. The van der Waals surface area contributed by atoms with Crippen molar-refractivity contribution in [1.29, 1.82) is 0 Å². The number of amidine groups is 1. The fraction of sp³-hybridized carbons (Fsp3) is 0.375. The molecule has 2 aliphatic heterocycles. The Morgan fingerprint density at radius 1 is 1.05 bits per heavy atom. The molecule has 3 aromatic rings. The molecule has 9 heteroatoms. The van der Waals surface area contributed by atoms with Crippen LogP contribution in [0.3, 0.4) is 0 Å². The number of piperazine rings is 1. The molecular weight excluding hydrogens is 532 g/mol. The molecular formula is C32H38N6O2S. The van der Waals surface area contributed by atoms with Crippen molar-refractivity contribution < 1.29 is 9.90 Å². The third-order valence-electron chi connectivity index (χ3n) is 7.49. The molecule has 2 aliphatic rings. The lowest BCUT2D eigenvalue weighted by molar-refractivity contribution is -0.136. The number of hydrogen-bond donors (Lipinski definition) is 2. The molecule has 2 unspecified atom stereocenters. The Morgan fingerprint density at radius 2 is 1.76 bits per heavy atom. The molecule has 1 aromatic heterocycles.